The molecule has 2 aromatic heterocycles. The van der Waals surface area contributed by atoms with Crippen LogP contribution in [0.1, 0.15) is 6.92 Å². The summed E-state index contributed by atoms with van der Waals surface area (Å²) in [6, 6.07) is 18.3. The summed E-state index contributed by atoms with van der Waals surface area (Å²) in [5.41, 5.74) is 0.472. The summed E-state index contributed by atoms with van der Waals surface area (Å²) in [4.78, 5) is 36.0. The average molecular weight is 470 g/mol. The van der Waals surface area contributed by atoms with Crippen molar-refractivity contribution in [3.05, 3.63) is 71.1 Å². The lowest BCUT2D eigenvalue weighted by molar-refractivity contribution is 0.190. The Bertz CT molecular complexity index is 1200. The maximum atomic E-state index is 13.1. The Hall–Kier alpha value is -3.69. The monoisotopic (exact) mass is 469 g/mol. The molecule has 0 aliphatic carbocycles. The number of imide groups is 1. The molecule has 0 saturated heterocycles. The fraction of sp³-hybridized carbons (Fsp3) is 0.0909. The highest BCUT2D eigenvalue weighted by atomic mass is 35.5. The molecule has 0 bridgehead atoms. The van der Waals surface area contributed by atoms with Crippen molar-refractivity contribution >= 4 is 51.3 Å². The Labute approximate surface area is 191 Å². The molecular weight excluding hydrogens is 454 g/mol. The number of aromatic nitrogens is 2. The molecule has 10 heteroatoms. The largest absolute Gasteiger partial charge is 0.475 e. The second-order valence-electron chi connectivity index (χ2n) is 6.22. The van der Waals surface area contributed by atoms with Crippen LogP contribution in [0.15, 0.2) is 66.7 Å². The summed E-state index contributed by atoms with van der Waals surface area (Å²) in [5.74, 6) is 0.270. The van der Waals surface area contributed by atoms with E-state index in [1.54, 1.807) is 73.7 Å². The van der Waals surface area contributed by atoms with E-state index in [9.17, 15) is 9.59 Å². The Morgan fingerprint density at radius 1 is 0.938 bits per heavy atom. The van der Waals surface area contributed by atoms with E-state index in [0.717, 1.165) is 11.3 Å². The quantitative estimate of drug-likeness (QED) is 0.356. The summed E-state index contributed by atoms with van der Waals surface area (Å²) in [6.45, 7) is 1.96. The normalized spacial score (nSPS) is 10.6. The van der Waals surface area contributed by atoms with Crippen LogP contribution in [0.3, 0.4) is 0 Å². The van der Waals surface area contributed by atoms with Crippen LogP contribution in [0.4, 0.5) is 15.4 Å². The number of amides is 2. The minimum Gasteiger partial charge on any atom is -0.475 e. The zero-order chi connectivity index (χ0) is 22.5. The molecule has 0 fully saturated rings. The number of thiophene rings is 1. The van der Waals surface area contributed by atoms with Gasteiger partial charge in [-0.15, -0.1) is 11.3 Å². The van der Waals surface area contributed by atoms with Crippen LogP contribution in [0.2, 0.25) is 4.34 Å². The van der Waals surface area contributed by atoms with Crippen molar-refractivity contribution < 1.29 is 23.8 Å². The Morgan fingerprint density at radius 2 is 1.50 bits per heavy atom. The van der Waals surface area contributed by atoms with Gasteiger partial charge in [0.25, 0.3) is 5.88 Å². The average Bonchev–Trinajstić information content (AvgIpc) is 3.14. The summed E-state index contributed by atoms with van der Waals surface area (Å²) < 4.78 is 16.8. The number of para-hydroxylation sites is 2. The van der Waals surface area contributed by atoms with E-state index in [1.807, 2.05) is 0 Å². The van der Waals surface area contributed by atoms with E-state index < -0.39 is 12.2 Å². The van der Waals surface area contributed by atoms with Crippen LogP contribution in [0.25, 0.3) is 10.3 Å². The van der Waals surface area contributed by atoms with Gasteiger partial charge < -0.3 is 14.2 Å². The van der Waals surface area contributed by atoms with Gasteiger partial charge in [-0.2, -0.15) is 4.90 Å². The third kappa shape index (κ3) is 4.79. The minimum atomic E-state index is -1.03. The summed E-state index contributed by atoms with van der Waals surface area (Å²) in [7, 11) is 0. The maximum absolute atomic E-state index is 13.1. The van der Waals surface area contributed by atoms with Crippen LogP contribution in [0, 0.1) is 0 Å². The van der Waals surface area contributed by atoms with E-state index in [0.29, 0.717) is 19.6 Å². The van der Waals surface area contributed by atoms with Gasteiger partial charge >= 0.3 is 12.2 Å². The number of carbonyl (C=O) groups is 2. The lowest BCUT2D eigenvalue weighted by Gasteiger charge is -2.20. The summed E-state index contributed by atoms with van der Waals surface area (Å²) >= 11 is 7.23. The topological polar surface area (TPSA) is 90.9 Å². The number of benzene rings is 2. The Balaban J connectivity index is 1.78. The van der Waals surface area contributed by atoms with Gasteiger partial charge in [0.15, 0.2) is 0 Å². The minimum absolute atomic E-state index is 0.0375. The molecule has 0 unspecified atom stereocenters. The number of rotatable bonds is 5. The molecule has 2 amide bonds. The SMILES string of the molecule is CCOc1nc2cc(Cl)sc2nc1N(C(=O)Oc1ccccc1)C(=O)Oc1ccccc1. The van der Waals surface area contributed by atoms with Gasteiger partial charge in [-0.25, -0.2) is 19.6 Å². The van der Waals surface area contributed by atoms with Gasteiger partial charge in [-0.1, -0.05) is 48.0 Å². The number of halogens is 1. The smallest absolute Gasteiger partial charge is 0.430 e. The van der Waals surface area contributed by atoms with Crippen molar-refractivity contribution in [2.45, 2.75) is 6.92 Å². The lowest BCUT2D eigenvalue weighted by Crippen LogP contribution is -2.42. The zero-order valence-corrected chi connectivity index (χ0v) is 18.3. The standard InChI is InChI=1S/C22H16ClN3O5S/c1-2-29-19-18(25-20-16(24-19)13-17(23)32-20)26(21(27)30-14-9-5-3-6-10-14)22(28)31-15-11-7-4-8-12-15/h3-13H,2H2,1H3. The molecule has 0 radical (unpaired) electrons. The molecule has 4 aromatic rings. The number of fused-ring (bicyclic) bond motifs is 1. The second kappa shape index (κ2) is 9.63. The van der Waals surface area contributed by atoms with Gasteiger partial charge in [-0.05, 0) is 37.3 Å². The maximum Gasteiger partial charge on any atom is 0.430 e. The number of hydrogen-bond donors (Lipinski definition) is 0. The Morgan fingerprint density at radius 3 is 2.03 bits per heavy atom. The first-order valence-corrected chi connectivity index (χ1v) is 10.7. The van der Waals surface area contributed by atoms with E-state index in [-0.39, 0.29) is 29.8 Å². The fourth-order valence-electron chi connectivity index (χ4n) is 2.70. The molecule has 0 aliphatic rings. The van der Waals surface area contributed by atoms with Crippen molar-refractivity contribution in [3.63, 3.8) is 0 Å². The van der Waals surface area contributed by atoms with Crippen molar-refractivity contribution in [3.8, 4) is 17.4 Å². The number of ether oxygens (including phenoxy) is 3. The van der Waals surface area contributed by atoms with Crippen molar-refractivity contribution in [2.24, 2.45) is 0 Å². The van der Waals surface area contributed by atoms with E-state index >= 15 is 0 Å². The van der Waals surface area contributed by atoms with Crippen molar-refractivity contribution in [1.82, 2.24) is 9.97 Å². The van der Waals surface area contributed by atoms with Crippen LogP contribution in [0.5, 0.6) is 17.4 Å². The van der Waals surface area contributed by atoms with Gasteiger partial charge in [0, 0.05) is 0 Å². The fourth-order valence-corrected chi connectivity index (χ4v) is 3.72. The molecule has 0 aliphatic heterocycles. The highest BCUT2D eigenvalue weighted by molar-refractivity contribution is 7.22. The molecular formula is C22H16ClN3O5S. The molecule has 8 nitrogen and oxygen atoms in total. The highest BCUT2D eigenvalue weighted by Crippen LogP contribution is 2.34. The third-order valence-electron chi connectivity index (χ3n) is 4.04. The molecule has 0 N–H and O–H groups in total. The van der Waals surface area contributed by atoms with Gasteiger partial charge in [0.1, 0.15) is 21.8 Å². The highest BCUT2D eigenvalue weighted by Gasteiger charge is 2.33. The molecule has 162 valence electrons. The molecule has 0 atom stereocenters. The lowest BCUT2D eigenvalue weighted by atomic mass is 10.3. The molecule has 2 heterocycles. The van der Waals surface area contributed by atoms with Crippen LogP contribution >= 0.6 is 22.9 Å². The first kappa shape index (κ1) is 21.5. The first-order valence-electron chi connectivity index (χ1n) is 9.49. The number of nitrogens with zero attached hydrogens (tertiary/aromatic N) is 3. The Kier molecular flexibility index (Phi) is 6.48. The molecule has 2 aromatic carbocycles. The second-order valence-corrected chi connectivity index (χ2v) is 7.89. The van der Waals surface area contributed by atoms with Gasteiger partial charge in [0.2, 0.25) is 5.82 Å². The summed E-state index contributed by atoms with van der Waals surface area (Å²) in [5, 5.41) is 0. The molecule has 32 heavy (non-hydrogen) atoms. The third-order valence-corrected chi connectivity index (χ3v) is 5.19. The zero-order valence-electron chi connectivity index (χ0n) is 16.7. The van der Waals surface area contributed by atoms with E-state index in [4.69, 9.17) is 25.8 Å². The first-order chi connectivity index (χ1) is 15.5. The number of anilines is 1. The van der Waals surface area contributed by atoms with Crippen LogP contribution < -0.4 is 19.1 Å². The van der Waals surface area contributed by atoms with Gasteiger partial charge in [-0.3, -0.25) is 0 Å². The number of carbonyl (C=O) groups excluding carboxylic acids is 2. The molecule has 0 saturated carbocycles. The van der Waals surface area contributed by atoms with E-state index in [2.05, 4.69) is 9.97 Å². The van der Waals surface area contributed by atoms with Crippen LogP contribution in [-0.2, 0) is 0 Å². The van der Waals surface area contributed by atoms with Crippen molar-refractivity contribution in [2.75, 3.05) is 11.5 Å². The molecule has 4 rings (SSSR count). The van der Waals surface area contributed by atoms with Crippen LogP contribution in [-0.4, -0.2) is 28.8 Å². The van der Waals surface area contributed by atoms with Gasteiger partial charge in [0.05, 0.1) is 10.9 Å². The number of hydrogen-bond acceptors (Lipinski definition) is 8. The molecule has 0 spiro atoms. The van der Waals surface area contributed by atoms with Crippen molar-refractivity contribution in [1.29, 1.82) is 0 Å². The summed E-state index contributed by atoms with van der Waals surface area (Å²) in [6.07, 6.45) is -2.07. The predicted molar refractivity (Wildman–Crippen MR) is 121 cm³/mol. The predicted octanol–water partition coefficient (Wildman–Crippen LogP) is 5.95. The van der Waals surface area contributed by atoms with E-state index in [1.165, 1.54) is 0 Å².